The number of nitrogens with zero attached hydrogens (tertiary/aromatic N) is 4. The topological polar surface area (TPSA) is 111 Å². The van der Waals surface area contributed by atoms with Gasteiger partial charge in [-0.2, -0.15) is 9.97 Å². The van der Waals surface area contributed by atoms with E-state index < -0.39 is 6.04 Å². The number of halogens is 2. The normalized spacial score (nSPS) is 15.2. The van der Waals surface area contributed by atoms with Gasteiger partial charge in [0.15, 0.2) is 0 Å². The first kappa shape index (κ1) is 23.3. The molecule has 2 heterocycles. The summed E-state index contributed by atoms with van der Waals surface area (Å²) < 4.78 is 1.74. The van der Waals surface area contributed by atoms with E-state index in [0.717, 1.165) is 18.4 Å². The molecule has 0 aliphatic heterocycles. The van der Waals surface area contributed by atoms with Crippen molar-refractivity contribution < 1.29 is 4.79 Å². The number of aromatic nitrogens is 4. The van der Waals surface area contributed by atoms with Crippen molar-refractivity contribution >= 4 is 40.9 Å². The van der Waals surface area contributed by atoms with Gasteiger partial charge in [0.2, 0.25) is 11.9 Å². The second-order valence-electron chi connectivity index (χ2n) is 8.33. The maximum atomic E-state index is 13.2. The molecule has 0 bridgehead atoms. The molecule has 1 aliphatic rings. The highest BCUT2D eigenvalue weighted by Gasteiger charge is 2.25. The third-order valence-corrected chi connectivity index (χ3v) is 6.47. The second-order valence-corrected chi connectivity index (χ2v) is 9.18. The molecule has 1 aromatic carbocycles. The fraction of sp³-hybridized carbons (Fsp3) is 0.391. The number of amides is 1. The predicted molar refractivity (Wildman–Crippen MR) is 130 cm³/mol. The van der Waals surface area contributed by atoms with Gasteiger partial charge in [-0.1, -0.05) is 61.4 Å². The minimum atomic E-state index is -0.503. The van der Waals surface area contributed by atoms with E-state index >= 15 is 0 Å². The van der Waals surface area contributed by atoms with Crippen molar-refractivity contribution in [2.45, 2.75) is 51.1 Å². The molecule has 33 heavy (non-hydrogen) atoms. The summed E-state index contributed by atoms with van der Waals surface area (Å²) >= 11 is 12.2. The second kappa shape index (κ2) is 10.9. The lowest BCUT2D eigenvalue weighted by molar-refractivity contribution is -0.122. The number of hydrogen-bond donors (Lipinski definition) is 3. The Bertz CT molecular complexity index is 1080. The summed E-state index contributed by atoms with van der Waals surface area (Å²) in [6.07, 6.45) is 11.6. The lowest BCUT2D eigenvalue weighted by atomic mass is 9.84. The van der Waals surface area contributed by atoms with E-state index in [2.05, 4.69) is 25.6 Å². The first-order chi connectivity index (χ1) is 16.0. The highest BCUT2D eigenvalue weighted by molar-refractivity contribution is 6.35. The van der Waals surface area contributed by atoms with Gasteiger partial charge >= 0.3 is 0 Å². The average Bonchev–Trinajstić information content (AvgIpc) is 3.33. The predicted octanol–water partition coefficient (Wildman–Crippen LogP) is 4.62. The first-order valence-corrected chi connectivity index (χ1v) is 11.8. The molecule has 0 unspecified atom stereocenters. The highest BCUT2D eigenvalue weighted by Crippen LogP contribution is 2.28. The molecule has 3 aromatic rings. The van der Waals surface area contributed by atoms with Gasteiger partial charge in [-0.05, 0) is 30.0 Å². The minimum absolute atomic E-state index is 0.137. The summed E-state index contributed by atoms with van der Waals surface area (Å²) in [7, 11) is 0. The van der Waals surface area contributed by atoms with Crippen LogP contribution in [0.5, 0.6) is 0 Å². The molecule has 1 atom stereocenters. The standard InChI is InChI=1S/C23H27Cl2N7O/c24-17-7-6-16(18(25)11-17)13-28-22(33)19(10-15-4-2-1-3-5-15)29-23-30-20(26)12-21(31-23)32-9-8-27-14-32/h6-9,11-12,14-15,19H,1-5,10,13H2,(H,28,33)(H3,26,29,30,31)/t19-/m1/s1. The Morgan fingerprint density at radius 2 is 2.00 bits per heavy atom. The zero-order chi connectivity index (χ0) is 23.2. The summed E-state index contributed by atoms with van der Waals surface area (Å²) in [5.41, 5.74) is 6.81. The molecule has 1 fully saturated rings. The van der Waals surface area contributed by atoms with Gasteiger partial charge < -0.3 is 16.4 Å². The Hall–Kier alpha value is -2.84. The van der Waals surface area contributed by atoms with Crippen LogP contribution >= 0.6 is 23.2 Å². The molecule has 2 aromatic heterocycles. The lowest BCUT2D eigenvalue weighted by Crippen LogP contribution is -2.41. The van der Waals surface area contributed by atoms with Crippen molar-refractivity contribution in [1.82, 2.24) is 24.8 Å². The summed E-state index contributed by atoms with van der Waals surface area (Å²) in [6.45, 7) is 0.301. The van der Waals surface area contributed by atoms with Crippen LogP contribution in [0.1, 0.15) is 44.1 Å². The van der Waals surface area contributed by atoms with Crippen molar-refractivity contribution in [3.8, 4) is 5.82 Å². The van der Waals surface area contributed by atoms with Gasteiger partial charge in [0.1, 0.15) is 24.0 Å². The molecule has 0 saturated heterocycles. The smallest absolute Gasteiger partial charge is 0.242 e. The van der Waals surface area contributed by atoms with Gasteiger partial charge in [-0.15, -0.1) is 0 Å². The number of hydrogen-bond acceptors (Lipinski definition) is 6. The zero-order valence-corrected chi connectivity index (χ0v) is 19.7. The van der Waals surface area contributed by atoms with Gasteiger partial charge in [-0.25, -0.2) is 4.98 Å². The van der Waals surface area contributed by atoms with E-state index in [9.17, 15) is 4.79 Å². The van der Waals surface area contributed by atoms with Crippen LogP contribution in [0.15, 0.2) is 43.0 Å². The van der Waals surface area contributed by atoms with Crippen LogP contribution in [0.4, 0.5) is 11.8 Å². The third-order valence-electron chi connectivity index (χ3n) is 5.88. The largest absolute Gasteiger partial charge is 0.383 e. The Balaban J connectivity index is 1.51. The van der Waals surface area contributed by atoms with Gasteiger partial charge in [0.05, 0.1) is 0 Å². The van der Waals surface area contributed by atoms with Crippen LogP contribution in [0.3, 0.4) is 0 Å². The number of carbonyl (C=O) groups excluding carboxylic acids is 1. The summed E-state index contributed by atoms with van der Waals surface area (Å²) in [5, 5.41) is 7.29. The van der Waals surface area contributed by atoms with Crippen molar-refractivity contribution in [2.75, 3.05) is 11.1 Å². The number of imidazole rings is 1. The number of anilines is 2. The summed E-state index contributed by atoms with van der Waals surface area (Å²) in [6, 6.07) is 6.39. The van der Waals surface area contributed by atoms with Crippen LogP contribution in [-0.4, -0.2) is 31.5 Å². The maximum absolute atomic E-state index is 13.2. The summed E-state index contributed by atoms with van der Waals surface area (Å²) in [4.78, 5) is 26.1. The van der Waals surface area contributed by atoms with Crippen LogP contribution in [0, 0.1) is 5.92 Å². The van der Waals surface area contributed by atoms with E-state index in [0.29, 0.717) is 46.5 Å². The number of benzene rings is 1. The fourth-order valence-electron chi connectivity index (χ4n) is 4.16. The van der Waals surface area contributed by atoms with Gasteiger partial charge in [0, 0.05) is 35.1 Å². The highest BCUT2D eigenvalue weighted by atomic mass is 35.5. The molecule has 0 radical (unpaired) electrons. The van der Waals surface area contributed by atoms with E-state index in [1.807, 2.05) is 6.07 Å². The zero-order valence-electron chi connectivity index (χ0n) is 18.2. The molecule has 8 nitrogen and oxygen atoms in total. The minimum Gasteiger partial charge on any atom is -0.383 e. The molecular weight excluding hydrogens is 461 g/mol. The fourth-order valence-corrected chi connectivity index (χ4v) is 4.63. The molecule has 1 aliphatic carbocycles. The van der Waals surface area contributed by atoms with Crippen molar-refractivity contribution in [3.63, 3.8) is 0 Å². The molecule has 0 spiro atoms. The van der Waals surface area contributed by atoms with E-state index in [-0.39, 0.29) is 5.91 Å². The quantitative estimate of drug-likeness (QED) is 0.427. The molecule has 4 N–H and O–H groups in total. The van der Waals surface area contributed by atoms with Gasteiger partial charge in [0.25, 0.3) is 0 Å². The third kappa shape index (κ3) is 6.36. The number of nitrogen functional groups attached to an aromatic ring is 1. The SMILES string of the molecule is Nc1cc(-n2ccnc2)nc(N[C@H](CC2CCCCC2)C(=O)NCc2ccc(Cl)cc2Cl)n1. The summed E-state index contributed by atoms with van der Waals surface area (Å²) in [5.74, 6) is 1.52. The molecule has 1 saturated carbocycles. The molecule has 4 rings (SSSR count). The number of nitrogens with one attached hydrogen (secondary N) is 2. The monoisotopic (exact) mass is 487 g/mol. The molecule has 174 valence electrons. The number of carbonyl (C=O) groups is 1. The van der Waals surface area contributed by atoms with Crippen molar-refractivity contribution in [2.24, 2.45) is 5.92 Å². The molecule has 1 amide bonds. The molecular formula is C23H27Cl2N7O. The Labute approximate surface area is 202 Å². The Morgan fingerprint density at radius 3 is 2.73 bits per heavy atom. The van der Waals surface area contributed by atoms with Crippen LogP contribution in [0.2, 0.25) is 10.0 Å². The van der Waals surface area contributed by atoms with Crippen LogP contribution in [0.25, 0.3) is 5.82 Å². The van der Waals surface area contributed by atoms with Crippen LogP contribution in [-0.2, 0) is 11.3 Å². The average molecular weight is 488 g/mol. The van der Waals surface area contributed by atoms with E-state index in [1.165, 1.54) is 19.3 Å². The number of rotatable bonds is 8. The molecule has 10 heteroatoms. The van der Waals surface area contributed by atoms with Gasteiger partial charge in [-0.3, -0.25) is 9.36 Å². The lowest BCUT2D eigenvalue weighted by Gasteiger charge is -2.27. The maximum Gasteiger partial charge on any atom is 0.242 e. The number of nitrogens with two attached hydrogens (primary N) is 1. The Morgan fingerprint density at radius 1 is 1.18 bits per heavy atom. The van der Waals surface area contributed by atoms with Crippen LogP contribution < -0.4 is 16.4 Å². The van der Waals surface area contributed by atoms with Crippen molar-refractivity contribution in [1.29, 1.82) is 0 Å². The van der Waals surface area contributed by atoms with E-state index in [4.69, 9.17) is 28.9 Å². The van der Waals surface area contributed by atoms with Crippen molar-refractivity contribution in [3.05, 3.63) is 58.6 Å². The Kier molecular flexibility index (Phi) is 7.67. The first-order valence-electron chi connectivity index (χ1n) is 11.1. The van der Waals surface area contributed by atoms with E-state index in [1.54, 1.807) is 41.5 Å².